The summed E-state index contributed by atoms with van der Waals surface area (Å²) < 4.78 is 11.4. The lowest BCUT2D eigenvalue weighted by Gasteiger charge is -2.32. The standard InChI is InChI=1S/C22H24N4O3/c1-5-14-11-25-22(29-6-2)19-18(17(21(24)27)12(3)26-20(14)19)15-8-7-13(10-23)9-16(15)28-4/h7-9,11,18,26H,5-6H2,1-4H3,(H2,24,27). The maximum atomic E-state index is 12.5. The molecule has 1 amide bonds. The molecule has 7 nitrogen and oxygen atoms in total. The summed E-state index contributed by atoms with van der Waals surface area (Å²) in [7, 11) is 1.53. The average Bonchev–Trinajstić information content (AvgIpc) is 2.72. The number of methoxy groups -OCH3 is 1. The van der Waals surface area contributed by atoms with Crippen molar-refractivity contribution >= 4 is 11.6 Å². The molecule has 1 aromatic heterocycles. The fourth-order valence-electron chi connectivity index (χ4n) is 3.76. The highest BCUT2D eigenvalue weighted by Crippen LogP contribution is 2.49. The molecule has 2 heterocycles. The second kappa shape index (κ2) is 8.23. The van der Waals surface area contributed by atoms with E-state index in [1.807, 2.05) is 20.8 Å². The van der Waals surface area contributed by atoms with E-state index in [-0.39, 0.29) is 0 Å². The van der Waals surface area contributed by atoms with Gasteiger partial charge in [0.15, 0.2) is 0 Å². The number of nitrogens with two attached hydrogens (primary N) is 1. The van der Waals surface area contributed by atoms with Crippen LogP contribution in [-0.4, -0.2) is 24.6 Å². The minimum Gasteiger partial charge on any atom is -0.496 e. The Labute approximate surface area is 170 Å². The molecule has 1 aliphatic rings. The van der Waals surface area contributed by atoms with E-state index in [1.54, 1.807) is 24.4 Å². The molecule has 29 heavy (non-hydrogen) atoms. The van der Waals surface area contributed by atoms with E-state index in [9.17, 15) is 10.1 Å². The van der Waals surface area contributed by atoms with Crippen molar-refractivity contribution in [2.24, 2.45) is 5.73 Å². The summed E-state index contributed by atoms with van der Waals surface area (Å²) in [5.74, 6) is -0.138. The predicted octanol–water partition coefficient (Wildman–Crippen LogP) is 3.24. The van der Waals surface area contributed by atoms with E-state index in [2.05, 4.69) is 16.4 Å². The van der Waals surface area contributed by atoms with E-state index in [1.165, 1.54) is 7.11 Å². The molecule has 0 bridgehead atoms. The molecule has 3 N–H and O–H groups in total. The van der Waals surface area contributed by atoms with Crippen LogP contribution in [0.25, 0.3) is 0 Å². The molecule has 1 unspecified atom stereocenters. The molecule has 1 atom stereocenters. The number of primary amides is 1. The molecular weight excluding hydrogens is 368 g/mol. The first kappa shape index (κ1) is 20.2. The lowest BCUT2D eigenvalue weighted by atomic mass is 9.79. The van der Waals surface area contributed by atoms with Crippen molar-refractivity contribution < 1.29 is 14.3 Å². The molecule has 1 aliphatic heterocycles. The number of ether oxygens (including phenoxy) is 2. The Morgan fingerprint density at radius 1 is 1.38 bits per heavy atom. The Balaban J connectivity index is 2.38. The fourth-order valence-corrected chi connectivity index (χ4v) is 3.76. The van der Waals surface area contributed by atoms with Gasteiger partial charge in [0.1, 0.15) is 5.75 Å². The molecule has 0 aliphatic carbocycles. The summed E-state index contributed by atoms with van der Waals surface area (Å²) in [6.45, 7) is 6.17. The number of amides is 1. The van der Waals surface area contributed by atoms with E-state index in [0.717, 1.165) is 28.8 Å². The fraction of sp³-hybridized carbons (Fsp3) is 0.318. The molecule has 0 radical (unpaired) electrons. The first-order valence-corrected chi connectivity index (χ1v) is 9.46. The van der Waals surface area contributed by atoms with Gasteiger partial charge in [0, 0.05) is 23.0 Å². The summed E-state index contributed by atoms with van der Waals surface area (Å²) in [6, 6.07) is 7.26. The number of anilines is 1. The van der Waals surface area contributed by atoms with Crippen LogP contribution in [-0.2, 0) is 11.2 Å². The number of nitriles is 1. The lowest BCUT2D eigenvalue weighted by Crippen LogP contribution is -2.29. The monoisotopic (exact) mass is 392 g/mol. The number of rotatable bonds is 6. The maximum absolute atomic E-state index is 12.5. The van der Waals surface area contributed by atoms with Crippen molar-refractivity contribution in [1.82, 2.24) is 4.98 Å². The van der Waals surface area contributed by atoms with E-state index in [4.69, 9.17) is 15.2 Å². The van der Waals surface area contributed by atoms with E-state index in [0.29, 0.717) is 35.1 Å². The number of benzene rings is 1. The quantitative estimate of drug-likeness (QED) is 0.781. The number of nitrogens with one attached hydrogen (secondary N) is 1. The number of fused-ring (bicyclic) bond motifs is 1. The third kappa shape index (κ3) is 3.49. The highest BCUT2D eigenvalue weighted by atomic mass is 16.5. The van der Waals surface area contributed by atoms with Crippen LogP contribution in [0.3, 0.4) is 0 Å². The smallest absolute Gasteiger partial charge is 0.247 e. The van der Waals surface area contributed by atoms with Crippen molar-refractivity contribution in [3.63, 3.8) is 0 Å². The first-order valence-electron chi connectivity index (χ1n) is 9.46. The topological polar surface area (TPSA) is 110 Å². The molecule has 2 aromatic rings. The van der Waals surface area contributed by atoms with Crippen LogP contribution < -0.4 is 20.5 Å². The van der Waals surface area contributed by atoms with Crippen molar-refractivity contribution in [1.29, 1.82) is 5.26 Å². The number of nitrogens with zero attached hydrogens (tertiary/aromatic N) is 2. The third-order valence-electron chi connectivity index (χ3n) is 5.05. The number of hydrogen-bond acceptors (Lipinski definition) is 6. The molecule has 0 saturated heterocycles. The van der Waals surface area contributed by atoms with Gasteiger partial charge in [0.25, 0.3) is 0 Å². The second-order valence-electron chi connectivity index (χ2n) is 6.69. The average molecular weight is 392 g/mol. The van der Waals surface area contributed by atoms with Gasteiger partial charge in [0.05, 0.1) is 42.5 Å². The van der Waals surface area contributed by atoms with Crippen molar-refractivity contribution in [2.75, 3.05) is 19.0 Å². The predicted molar refractivity (Wildman–Crippen MR) is 110 cm³/mol. The van der Waals surface area contributed by atoms with Gasteiger partial charge < -0.3 is 20.5 Å². The van der Waals surface area contributed by atoms with E-state index >= 15 is 0 Å². The molecule has 3 rings (SSSR count). The molecule has 7 heteroatoms. The Morgan fingerprint density at radius 3 is 2.72 bits per heavy atom. The Morgan fingerprint density at radius 2 is 2.14 bits per heavy atom. The van der Waals surface area contributed by atoms with Gasteiger partial charge in [-0.25, -0.2) is 4.98 Å². The lowest BCUT2D eigenvalue weighted by molar-refractivity contribution is -0.114. The zero-order valence-corrected chi connectivity index (χ0v) is 17.0. The summed E-state index contributed by atoms with van der Waals surface area (Å²) in [6.07, 6.45) is 2.54. The molecule has 0 spiro atoms. The number of carbonyl (C=O) groups excluding carboxylic acids is 1. The van der Waals surface area contributed by atoms with Gasteiger partial charge in [-0.05, 0) is 38.0 Å². The zero-order valence-electron chi connectivity index (χ0n) is 17.0. The third-order valence-corrected chi connectivity index (χ3v) is 5.05. The normalized spacial score (nSPS) is 15.2. The molecule has 1 aromatic carbocycles. The van der Waals surface area contributed by atoms with Gasteiger partial charge in [-0.2, -0.15) is 5.26 Å². The Kier molecular flexibility index (Phi) is 5.74. The van der Waals surface area contributed by atoms with Crippen LogP contribution in [0.1, 0.15) is 48.9 Å². The number of hydrogen-bond donors (Lipinski definition) is 2. The largest absolute Gasteiger partial charge is 0.496 e. The zero-order chi connectivity index (χ0) is 21.1. The van der Waals surface area contributed by atoms with Crippen LogP contribution in [0.5, 0.6) is 11.6 Å². The van der Waals surface area contributed by atoms with Crippen molar-refractivity contribution in [3.8, 4) is 17.7 Å². The highest BCUT2D eigenvalue weighted by Gasteiger charge is 2.37. The number of pyridine rings is 1. The van der Waals surface area contributed by atoms with Gasteiger partial charge in [0.2, 0.25) is 11.8 Å². The van der Waals surface area contributed by atoms with Crippen LogP contribution in [0.15, 0.2) is 35.7 Å². The first-order chi connectivity index (χ1) is 14.0. The van der Waals surface area contributed by atoms with Crippen LogP contribution in [0.2, 0.25) is 0 Å². The van der Waals surface area contributed by atoms with Crippen LogP contribution in [0.4, 0.5) is 5.69 Å². The minimum absolute atomic E-state index is 0.413. The van der Waals surface area contributed by atoms with E-state index < -0.39 is 11.8 Å². The maximum Gasteiger partial charge on any atom is 0.247 e. The van der Waals surface area contributed by atoms with Gasteiger partial charge in [-0.1, -0.05) is 13.0 Å². The number of allylic oxidation sites excluding steroid dienone is 1. The summed E-state index contributed by atoms with van der Waals surface area (Å²) in [4.78, 5) is 17.0. The Hall–Kier alpha value is -3.53. The summed E-state index contributed by atoms with van der Waals surface area (Å²) in [5, 5.41) is 12.6. The minimum atomic E-state index is -0.540. The van der Waals surface area contributed by atoms with Crippen molar-refractivity contribution in [2.45, 2.75) is 33.1 Å². The SMILES string of the molecule is CCOc1ncc(CC)c2c1C(c1ccc(C#N)cc1OC)C(C(N)=O)=C(C)N2. The van der Waals surface area contributed by atoms with Gasteiger partial charge in [-0.3, -0.25) is 4.79 Å². The molecular formula is C22H24N4O3. The summed E-state index contributed by atoms with van der Waals surface area (Å²) in [5.41, 5.74) is 10.7. The number of aryl methyl sites for hydroxylation is 1. The molecule has 0 fully saturated rings. The van der Waals surface area contributed by atoms with Crippen LogP contribution >= 0.6 is 0 Å². The molecule has 150 valence electrons. The number of aromatic nitrogens is 1. The van der Waals surface area contributed by atoms with Gasteiger partial charge >= 0.3 is 0 Å². The Bertz CT molecular complexity index is 1040. The summed E-state index contributed by atoms with van der Waals surface area (Å²) >= 11 is 0. The molecule has 0 saturated carbocycles. The number of carbonyl (C=O) groups is 1. The second-order valence-corrected chi connectivity index (χ2v) is 6.69. The highest BCUT2D eigenvalue weighted by molar-refractivity contribution is 5.98. The van der Waals surface area contributed by atoms with Crippen LogP contribution in [0, 0.1) is 11.3 Å². The van der Waals surface area contributed by atoms with Crippen molar-refractivity contribution in [3.05, 3.63) is 57.9 Å². The van der Waals surface area contributed by atoms with Gasteiger partial charge in [-0.15, -0.1) is 0 Å².